The summed E-state index contributed by atoms with van der Waals surface area (Å²) in [5.41, 5.74) is 8.56. The summed E-state index contributed by atoms with van der Waals surface area (Å²) in [6.07, 6.45) is 0.768. The molecule has 5 heteroatoms. The van der Waals surface area contributed by atoms with Crippen LogP contribution < -0.4 is 15.2 Å². The Morgan fingerprint density at radius 3 is 2.74 bits per heavy atom. The zero-order valence-electron chi connectivity index (χ0n) is 12.9. The largest absolute Gasteiger partial charge is 0.497 e. The molecule has 23 heavy (non-hydrogen) atoms. The van der Waals surface area contributed by atoms with E-state index >= 15 is 0 Å². The Kier molecular flexibility index (Phi) is 4.78. The minimum absolute atomic E-state index is 0.580. The Morgan fingerprint density at radius 2 is 1.91 bits per heavy atom. The van der Waals surface area contributed by atoms with E-state index in [1.165, 1.54) is 0 Å². The van der Waals surface area contributed by atoms with Crippen LogP contribution in [0.15, 0.2) is 53.9 Å². The van der Waals surface area contributed by atoms with Crippen LogP contribution in [-0.2, 0) is 6.42 Å². The molecule has 0 saturated heterocycles. The van der Waals surface area contributed by atoms with Crippen molar-refractivity contribution in [3.05, 3.63) is 58.9 Å². The molecule has 0 fully saturated rings. The van der Waals surface area contributed by atoms with E-state index < -0.39 is 0 Å². The molecule has 2 aromatic carbocycles. The van der Waals surface area contributed by atoms with Crippen molar-refractivity contribution in [3.8, 4) is 22.8 Å². The first kappa shape index (κ1) is 15.4. The molecular formula is C18H18N2O2S. The van der Waals surface area contributed by atoms with Crippen molar-refractivity contribution in [1.82, 2.24) is 4.98 Å². The number of nitrogen functional groups attached to an aromatic ring is 1. The number of hydrogen-bond acceptors (Lipinski definition) is 5. The highest BCUT2D eigenvalue weighted by Gasteiger charge is 2.05. The number of methoxy groups -OCH3 is 1. The van der Waals surface area contributed by atoms with Gasteiger partial charge in [0, 0.05) is 29.1 Å². The minimum Gasteiger partial charge on any atom is -0.497 e. The summed E-state index contributed by atoms with van der Waals surface area (Å²) < 4.78 is 10.9. The van der Waals surface area contributed by atoms with E-state index in [0.29, 0.717) is 6.61 Å². The van der Waals surface area contributed by atoms with Gasteiger partial charge in [-0.15, -0.1) is 11.3 Å². The normalized spacial score (nSPS) is 10.5. The smallest absolute Gasteiger partial charge is 0.123 e. The number of nitrogens with two attached hydrogens (primary N) is 1. The Hall–Kier alpha value is -2.53. The van der Waals surface area contributed by atoms with Gasteiger partial charge in [-0.3, -0.25) is 0 Å². The van der Waals surface area contributed by atoms with Gasteiger partial charge in [-0.1, -0.05) is 18.2 Å². The Labute approximate surface area is 139 Å². The van der Waals surface area contributed by atoms with Crippen LogP contribution in [0, 0.1) is 0 Å². The zero-order valence-corrected chi connectivity index (χ0v) is 13.7. The molecule has 2 N–H and O–H groups in total. The molecule has 0 spiro atoms. The first-order chi connectivity index (χ1) is 11.2. The van der Waals surface area contributed by atoms with Gasteiger partial charge in [-0.25, -0.2) is 4.98 Å². The first-order valence-electron chi connectivity index (χ1n) is 7.32. The molecule has 118 valence electrons. The SMILES string of the molecule is COc1cccc(OCCc2nc(-c3cccc(N)c3)cs2)c1. The van der Waals surface area contributed by atoms with E-state index in [1.54, 1.807) is 18.4 Å². The quantitative estimate of drug-likeness (QED) is 0.695. The number of thiazole rings is 1. The van der Waals surface area contributed by atoms with Gasteiger partial charge in [-0.05, 0) is 24.3 Å². The lowest BCUT2D eigenvalue weighted by Crippen LogP contribution is -2.01. The number of rotatable bonds is 6. The van der Waals surface area contributed by atoms with Crippen molar-refractivity contribution >= 4 is 17.0 Å². The average molecular weight is 326 g/mol. The molecule has 0 saturated carbocycles. The van der Waals surface area contributed by atoms with Crippen LogP contribution in [0.2, 0.25) is 0 Å². The molecule has 0 radical (unpaired) electrons. The number of anilines is 1. The van der Waals surface area contributed by atoms with E-state index in [9.17, 15) is 0 Å². The zero-order chi connectivity index (χ0) is 16.1. The fourth-order valence-electron chi connectivity index (χ4n) is 2.20. The third-order valence-electron chi connectivity index (χ3n) is 3.36. The maximum absolute atomic E-state index is 5.82. The second-order valence-electron chi connectivity index (χ2n) is 5.03. The molecule has 1 heterocycles. The molecular weight excluding hydrogens is 308 g/mol. The highest BCUT2D eigenvalue weighted by Crippen LogP contribution is 2.24. The van der Waals surface area contributed by atoms with E-state index in [-0.39, 0.29) is 0 Å². The standard InChI is InChI=1S/C18H18N2O2S/c1-21-15-6-3-7-16(11-15)22-9-8-18-20-17(12-23-18)13-4-2-5-14(19)10-13/h2-7,10-12H,8-9,19H2,1H3. The molecule has 0 aliphatic heterocycles. The monoisotopic (exact) mass is 326 g/mol. The second kappa shape index (κ2) is 7.15. The molecule has 4 nitrogen and oxygen atoms in total. The number of hydrogen-bond donors (Lipinski definition) is 1. The molecule has 3 aromatic rings. The topological polar surface area (TPSA) is 57.4 Å². The van der Waals surface area contributed by atoms with E-state index in [4.69, 9.17) is 15.2 Å². The van der Waals surface area contributed by atoms with Crippen LogP contribution in [0.4, 0.5) is 5.69 Å². The Morgan fingerprint density at radius 1 is 1.09 bits per heavy atom. The lowest BCUT2D eigenvalue weighted by molar-refractivity contribution is 0.319. The summed E-state index contributed by atoms with van der Waals surface area (Å²) >= 11 is 1.64. The van der Waals surface area contributed by atoms with Crippen LogP contribution >= 0.6 is 11.3 Å². The summed E-state index contributed by atoms with van der Waals surface area (Å²) in [6, 6.07) is 15.4. The predicted octanol–water partition coefficient (Wildman–Crippen LogP) is 4.02. The van der Waals surface area contributed by atoms with Crippen LogP contribution in [0.1, 0.15) is 5.01 Å². The van der Waals surface area contributed by atoms with Crippen molar-refractivity contribution in [2.45, 2.75) is 6.42 Å². The second-order valence-corrected chi connectivity index (χ2v) is 5.97. The lowest BCUT2D eigenvalue weighted by Gasteiger charge is -2.06. The van der Waals surface area contributed by atoms with Gasteiger partial charge in [0.2, 0.25) is 0 Å². The molecule has 0 aliphatic carbocycles. The molecule has 0 aliphatic rings. The van der Waals surface area contributed by atoms with E-state index in [0.717, 1.165) is 39.9 Å². The van der Waals surface area contributed by atoms with Crippen molar-refractivity contribution < 1.29 is 9.47 Å². The average Bonchev–Trinajstić information content (AvgIpc) is 3.04. The molecule has 1 aromatic heterocycles. The molecule has 0 amide bonds. The maximum Gasteiger partial charge on any atom is 0.123 e. The van der Waals surface area contributed by atoms with Crippen molar-refractivity contribution in [2.75, 3.05) is 19.5 Å². The van der Waals surface area contributed by atoms with Crippen LogP contribution in [0.25, 0.3) is 11.3 Å². The summed E-state index contributed by atoms with van der Waals surface area (Å²) in [5.74, 6) is 1.60. The van der Waals surface area contributed by atoms with Gasteiger partial charge in [0.05, 0.1) is 24.4 Å². The Balaban J connectivity index is 1.59. The minimum atomic E-state index is 0.580. The summed E-state index contributed by atoms with van der Waals surface area (Å²) in [4.78, 5) is 4.64. The van der Waals surface area contributed by atoms with Crippen LogP contribution in [-0.4, -0.2) is 18.7 Å². The fourth-order valence-corrected chi connectivity index (χ4v) is 2.99. The molecule has 0 atom stereocenters. The predicted molar refractivity (Wildman–Crippen MR) is 94.2 cm³/mol. The summed E-state index contributed by atoms with van der Waals surface area (Å²) in [5, 5.41) is 3.10. The number of aromatic nitrogens is 1. The molecule has 3 rings (SSSR count). The third-order valence-corrected chi connectivity index (χ3v) is 4.27. The lowest BCUT2D eigenvalue weighted by atomic mass is 10.1. The van der Waals surface area contributed by atoms with Crippen molar-refractivity contribution in [3.63, 3.8) is 0 Å². The van der Waals surface area contributed by atoms with Gasteiger partial charge >= 0.3 is 0 Å². The Bertz CT molecular complexity index is 786. The van der Waals surface area contributed by atoms with Gasteiger partial charge in [0.15, 0.2) is 0 Å². The van der Waals surface area contributed by atoms with Crippen LogP contribution in [0.3, 0.4) is 0 Å². The van der Waals surface area contributed by atoms with Gasteiger partial charge in [-0.2, -0.15) is 0 Å². The fraction of sp³-hybridized carbons (Fsp3) is 0.167. The van der Waals surface area contributed by atoms with E-state index in [1.807, 2.05) is 48.5 Å². The number of ether oxygens (including phenoxy) is 2. The third kappa shape index (κ3) is 4.02. The molecule has 0 bridgehead atoms. The molecule has 0 unspecified atom stereocenters. The van der Waals surface area contributed by atoms with Gasteiger partial charge < -0.3 is 15.2 Å². The first-order valence-corrected chi connectivity index (χ1v) is 8.20. The van der Waals surface area contributed by atoms with Crippen molar-refractivity contribution in [2.24, 2.45) is 0 Å². The summed E-state index contributed by atoms with van der Waals surface area (Å²) in [6.45, 7) is 0.580. The van der Waals surface area contributed by atoms with Gasteiger partial charge in [0.1, 0.15) is 11.5 Å². The number of nitrogens with zero attached hydrogens (tertiary/aromatic N) is 1. The maximum atomic E-state index is 5.82. The van der Waals surface area contributed by atoms with Gasteiger partial charge in [0.25, 0.3) is 0 Å². The van der Waals surface area contributed by atoms with E-state index in [2.05, 4.69) is 10.4 Å². The van der Waals surface area contributed by atoms with Crippen LogP contribution in [0.5, 0.6) is 11.5 Å². The van der Waals surface area contributed by atoms with Crippen molar-refractivity contribution in [1.29, 1.82) is 0 Å². The summed E-state index contributed by atoms with van der Waals surface area (Å²) in [7, 11) is 1.65. The highest BCUT2D eigenvalue weighted by atomic mass is 32.1. The highest BCUT2D eigenvalue weighted by molar-refractivity contribution is 7.09. The number of benzene rings is 2.